The van der Waals surface area contributed by atoms with Crippen LogP contribution >= 0.6 is 11.6 Å². The molecule has 0 aliphatic heterocycles. The van der Waals surface area contributed by atoms with Crippen LogP contribution < -0.4 is 4.72 Å². The first kappa shape index (κ1) is 16.3. The molecule has 0 bridgehead atoms. The maximum Gasteiger partial charge on any atom is 0.242 e. The van der Waals surface area contributed by atoms with E-state index in [-0.39, 0.29) is 9.92 Å². The number of nitriles is 1. The number of nitrogens with one attached hydrogen (secondary N) is 1. The minimum atomic E-state index is -3.60. The van der Waals surface area contributed by atoms with E-state index in [4.69, 9.17) is 16.9 Å². The van der Waals surface area contributed by atoms with Crippen molar-refractivity contribution in [2.45, 2.75) is 43.4 Å². The molecule has 6 heteroatoms. The maximum atomic E-state index is 12.2. The lowest BCUT2D eigenvalue weighted by molar-refractivity contribution is 0.480. The van der Waals surface area contributed by atoms with Crippen LogP contribution in [0, 0.1) is 17.2 Å². The zero-order chi connectivity index (χ0) is 15.3. The average molecular weight is 327 g/mol. The SMILES string of the molecule is N#Cc1ccc(S(=O)(=O)NCCCC2CCCC2)c(Cl)c1. The minimum Gasteiger partial charge on any atom is -0.211 e. The zero-order valence-corrected chi connectivity index (χ0v) is 13.4. The van der Waals surface area contributed by atoms with Crippen LogP contribution in [0.5, 0.6) is 0 Å². The first-order valence-corrected chi connectivity index (χ1v) is 9.08. The van der Waals surface area contributed by atoms with Gasteiger partial charge in [-0.15, -0.1) is 0 Å². The molecule has 0 atom stereocenters. The van der Waals surface area contributed by atoms with E-state index in [0.29, 0.717) is 12.1 Å². The second-order valence-electron chi connectivity index (χ2n) is 5.45. The van der Waals surface area contributed by atoms with Crippen molar-refractivity contribution < 1.29 is 8.42 Å². The molecule has 1 saturated carbocycles. The van der Waals surface area contributed by atoms with Crippen molar-refractivity contribution in [3.05, 3.63) is 28.8 Å². The summed E-state index contributed by atoms with van der Waals surface area (Å²) in [5.74, 6) is 0.757. The van der Waals surface area contributed by atoms with Gasteiger partial charge in [0.1, 0.15) is 4.90 Å². The van der Waals surface area contributed by atoms with Crippen LogP contribution in [0.2, 0.25) is 5.02 Å². The number of nitrogens with zero attached hydrogens (tertiary/aromatic N) is 1. The van der Waals surface area contributed by atoms with Gasteiger partial charge in [-0.2, -0.15) is 5.26 Å². The Labute approximate surface area is 131 Å². The monoisotopic (exact) mass is 326 g/mol. The van der Waals surface area contributed by atoms with Crippen molar-refractivity contribution in [3.63, 3.8) is 0 Å². The van der Waals surface area contributed by atoms with E-state index >= 15 is 0 Å². The highest BCUT2D eigenvalue weighted by Gasteiger charge is 2.19. The molecule has 0 spiro atoms. The van der Waals surface area contributed by atoms with Gasteiger partial charge in [0.05, 0.1) is 16.7 Å². The Kier molecular flexibility index (Phi) is 5.63. The second kappa shape index (κ2) is 7.26. The summed E-state index contributed by atoms with van der Waals surface area (Å²) >= 11 is 5.94. The van der Waals surface area contributed by atoms with Crippen LogP contribution in [0.3, 0.4) is 0 Å². The van der Waals surface area contributed by atoms with Gasteiger partial charge in [0.2, 0.25) is 10.0 Å². The molecule has 0 heterocycles. The van der Waals surface area contributed by atoms with Crippen molar-refractivity contribution in [2.24, 2.45) is 5.92 Å². The van der Waals surface area contributed by atoms with E-state index in [0.717, 1.165) is 18.8 Å². The molecule has 0 aromatic heterocycles. The molecule has 1 fully saturated rings. The summed E-state index contributed by atoms with van der Waals surface area (Å²) < 4.78 is 26.9. The molecule has 0 radical (unpaired) electrons. The van der Waals surface area contributed by atoms with E-state index in [1.807, 2.05) is 6.07 Å². The Balaban J connectivity index is 1.90. The van der Waals surface area contributed by atoms with Crippen LogP contribution in [0.1, 0.15) is 44.1 Å². The smallest absolute Gasteiger partial charge is 0.211 e. The Morgan fingerprint density at radius 3 is 2.67 bits per heavy atom. The van der Waals surface area contributed by atoms with Crippen molar-refractivity contribution >= 4 is 21.6 Å². The fourth-order valence-corrected chi connectivity index (χ4v) is 4.38. The van der Waals surface area contributed by atoms with Crippen molar-refractivity contribution in [1.82, 2.24) is 4.72 Å². The molecule has 0 amide bonds. The summed E-state index contributed by atoms with van der Waals surface area (Å²) in [5.41, 5.74) is 0.347. The molecule has 1 aromatic rings. The number of benzene rings is 1. The summed E-state index contributed by atoms with van der Waals surface area (Å²) in [6.45, 7) is 0.426. The number of sulfonamides is 1. The highest BCUT2D eigenvalue weighted by atomic mass is 35.5. The third-order valence-corrected chi connectivity index (χ3v) is 5.85. The molecule has 1 N–H and O–H groups in total. The maximum absolute atomic E-state index is 12.2. The Bertz CT molecular complexity index is 632. The van der Waals surface area contributed by atoms with Gasteiger partial charge in [-0.1, -0.05) is 37.3 Å². The Morgan fingerprint density at radius 2 is 2.05 bits per heavy atom. The van der Waals surface area contributed by atoms with Gasteiger partial charge >= 0.3 is 0 Å². The summed E-state index contributed by atoms with van der Waals surface area (Å²) in [6, 6.07) is 6.13. The fourth-order valence-electron chi connectivity index (χ4n) is 2.76. The minimum absolute atomic E-state index is 0.0315. The highest BCUT2D eigenvalue weighted by molar-refractivity contribution is 7.89. The standard InChI is InChI=1S/C15H19ClN2O2S/c16-14-10-13(11-17)7-8-15(14)21(19,20)18-9-3-6-12-4-1-2-5-12/h7-8,10,12,18H,1-6,9H2. The van der Waals surface area contributed by atoms with Gasteiger partial charge in [-0.25, -0.2) is 13.1 Å². The van der Waals surface area contributed by atoms with E-state index in [1.54, 1.807) is 0 Å². The largest absolute Gasteiger partial charge is 0.242 e. The van der Waals surface area contributed by atoms with Crippen LogP contribution in [-0.2, 0) is 10.0 Å². The predicted molar refractivity (Wildman–Crippen MR) is 82.5 cm³/mol. The second-order valence-corrected chi connectivity index (χ2v) is 7.59. The van der Waals surface area contributed by atoms with Gasteiger partial charge in [-0.3, -0.25) is 0 Å². The fraction of sp³-hybridized carbons (Fsp3) is 0.533. The van der Waals surface area contributed by atoms with E-state index in [2.05, 4.69) is 4.72 Å². The molecule has 21 heavy (non-hydrogen) atoms. The molecule has 0 saturated heterocycles. The lowest BCUT2D eigenvalue weighted by Crippen LogP contribution is -2.25. The molecule has 0 unspecified atom stereocenters. The number of hydrogen-bond acceptors (Lipinski definition) is 3. The summed E-state index contributed by atoms with van der Waals surface area (Å²) in [7, 11) is -3.60. The van der Waals surface area contributed by atoms with Crippen molar-refractivity contribution in [3.8, 4) is 6.07 Å². The van der Waals surface area contributed by atoms with Gasteiger partial charge < -0.3 is 0 Å². The zero-order valence-electron chi connectivity index (χ0n) is 11.8. The molecule has 1 aromatic carbocycles. The number of hydrogen-bond donors (Lipinski definition) is 1. The Hall–Kier alpha value is -1.09. The molecule has 1 aliphatic rings. The molecule has 4 nitrogen and oxygen atoms in total. The van der Waals surface area contributed by atoms with E-state index < -0.39 is 10.0 Å². The summed E-state index contributed by atoms with van der Waals surface area (Å²) in [4.78, 5) is 0.0315. The molecule has 2 rings (SSSR count). The average Bonchev–Trinajstić information content (AvgIpc) is 2.96. The molecule has 114 valence electrons. The van der Waals surface area contributed by atoms with Gasteiger partial charge in [-0.05, 0) is 37.0 Å². The third-order valence-electron chi connectivity index (χ3n) is 3.91. The predicted octanol–water partition coefficient (Wildman–Crippen LogP) is 3.46. The normalized spacial score (nSPS) is 16.0. The lowest BCUT2D eigenvalue weighted by Gasteiger charge is -2.10. The topological polar surface area (TPSA) is 70.0 Å². The van der Waals surface area contributed by atoms with E-state index in [9.17, 15) is 8.42 Å². The highest BCUT2D eigenvalue weighted by Crippen LogP contribution is 2.28. The van der Waals surface area contributed by atoms with Gasteiger partial charge in [0.15, 0.2) is 0 Å². The first-order valence-electron chi connectivity index (χ1n) is 7.22. The lowest BCUT2D eigenvalue weighted by atomic mass is 10.0. The molecular formula is C15H19ClN2O2S. The summed E-state index contributed by atoms with van der Waals surface area (Å²) in [6.07, 6.45) is 7.07. The van der Waals surface area contributed by atoms with Crippen LogP contribution in [0.25, 0.3) is 0 Å². The van der Waals surface area contributed by atoms with Gasteiger partial charge in [0.25, 0.3) is 0 Å². The van der Waals surface area contributed by atoms with Crippen molar-refractivity contribution in [2.75, 3.05) is 6.54 Å². The summed E-state index contributed by atoms with van der Waals surface area (Å²) in [5, 5.41) is 8.84. The number of halogens is 1. The van der Waals surface area contributed by atoms with E-state index in [1.165, 1.54) is 43.9 Å². The first-order chi connectivity index (χ1) is 10.0. The van der Waals surface area contributed by atoms with Crippen molar-refractivity contribution in [1.29, 1.82) is 5.26 Å². The van der Waals surface area contributed by atoms with Crippen LogP contribution in [-0.4, -0.2) is 15.0 Å². The van der Waals surface area contributed by atoms with Crippen LogP contribution in [0.4, 0.5) is 0 Å². The van der Waals surface area contributed by atoms with Gasteiger partial charge in [0, 0.05) is 6.54 Å². The quantitative estimate of drug-likeness (QED) is 0.814. The van der Waals surface area contributed by atoms with Crippen LogP contribution in [0.15, 0.2) is 23.1 Å². The third kappa shape index (κ3) is 4.44. The Morgan fingerprint density at radius 1 is 1.33 bits per heavy atom. The number of rotatable bonds is 6. The molecular weight excluding hydrogens is 308 g/mol. The molecule has 1 aliphatic carbocycles.